The number of rotatable bonds is 8. The van der Waals surface area contributed by atoms with Crippen LogP contribution in [0, 0.1) is 0 Å². The number of methoxy groups -OCH3 is 1. The van der Waals surface area contributed by atoms with Gasteiger partial charge >= 0.3 is 0 Å². The summed E-state index contributed by atoms with van der Waals surface area (Å²) in [6.07, 6.45) is -0.980. The van der Waals surface area contributed by atoms with Crippen molar-refractivity contribution in [3.63, 3.8) is 0 Å². The van der Waals surface area contributed by atoms with Gasteiger partial charge in [0, 0.05) is 46.6 Å². The third-order valence-corrected chi connectivity index (χ3v) is 7.63. The summed E-state index contributed by atoms with van der Waals surface area (Å²) in [6, 6.07) is 32.2. The molecule has 0 bridgehead atoms. The van der Waals surface area contributed by atoms with Crippen LogP contribution in [0.25, 0.3) is 0 Å². The molecule has 5 rings (SSSR count). The van der Waals surface area contributed by atoms with E-state index >= 15 is 0 Å². The number of ether oxygens (including phenoxy) is 1. The van der Waals surface area contributed by atoms with E-state index < -0.39 is 6.23 Å². The molecule has 4 aromatic carbocycles. The van der Waals surface area contributed by atoms with E-state index in [4.69, 9.17) is 4.74 Å². The number of carbonyl (C=O) groups excluding carboxylic acids is 1. The Balaban J connectivity index is 1.42. The molecule has 194 valence electrons. The second-order valence-electron chi connectivity index (χ2n) is 9.23. The average Bonchev–Trinajstić information content (AvgIpc) is 2.94. The van der Waals surface area contributed by atoms with Crippen molar-refractivity contribution in [3.05, 3.63) is 119 Å². The summed E-state index contributed by atoms with van der Waals surface area (Å²) in [4.78, 5) is 14.5. The number of benzene rings is 4. The Hall–Kier alpha value is -3.78. The topological polar surface area (TPSA) is 73.8 Å². The van der Waals surface area contributed by atoms with Gasteiger partial charge in [-0.1, -0.05) is 54.6 Å². The predicted molar refractivity (Wildman–Crippen MR) is 153 cm³/mol. The van der Waals surface area contributed by atoms with E-state index in [2.05, 4.69) is 39.8 Å². The van der Waals surface area contributed by atoms with Crippen molar-refractivity contribution < 1.29 is 14.6 Å². The van der Waals surface area contributed by atoms with E-state index in [0.29, 0.717) is 12.3 Å². The van der Waals surface area contributed by atoms with Crippen LogP contribution in [0.4, 0.5) is 11.4 Å². The van der Waals surface area contributed by atoms with Gasteiger partial charge in [-0.15, -0.1) is 11.8 Å². The smallest absolute Gasteiger partial charge is 0.221 e. The van der Waals surface area contributed by atoms with Gasteiger partial charge in [-0.2, -0.15) is 0 Å². The first-order valence-corrected chi connectivity index (χ1v) is 13.5. The number of aliphatic hydroxyl groups is 1. The van der Waals surface area contributed by atoms with Crippen LogP contribution in [-0.4, -0.2) is 23.0 Å². The molecular weight excluding hydrogens is 494 g/mol. The molecule has 0 saturated carbocycles. The van der Waals surface area contributed by atoms with Gasteiger partial charge in [0.2, 0.25) is 5.91 Å². The molecule has 1 amide bonds. The number of para-hydroxylation sites is 1. The van der Waals surface area contributed by atoms with Gasteiger partial charge in [-0.25, -0.2) is 4.90 Å². The van der Waals surface area contributed by atoms with E-state index in [9.17, 15) is 9.90 Å². The van der Waals surface area contributed by atoms with E-state index in [1.54, 1.807) is 18.9 Å². The van der Waals surface area contributed by atoms with Gasteiger partial charge in [0.1, 0.15) is 18.1 Å². The Bertz CT molecular complexity index is 1400. The highest BCUT2D eigenvalue weighted by atomic mass is 32.2. The molecule has 0 aliphatic carbocycles. The van der Waals surface area contributed by atoms with Gasteiger partial charge in [-0.05, 0) is 53.6 Å². The van der Waals surface area contributed by atoms with Gasteiger partial charge in [0.15, 0.2) is 0 Å². The number of aliphatic hydroxyl groups excluding tert-OH is 1. The maximum absolute atomic E-state index is 11.4. The molecule has 38 heavy (non-hydrogen) atoms. The Morgan fingerprint density at radius 3 is 2.47 bits per heavy atom. The molecule has 2 unspecified atom stereocenters. The van der Waals surface area contributed by atoms with Crippen molar-refractivity contribution in [1.82, 2.24) is 4.90 Å². The first-order valence-electron chi connectivity index (χ1n) is 12.5. The van der Waals surface area contributed by atoms with E-state index in [0.717, 1.165) is 44.3 Å². The van der Waals surface area contributed by atoms with Crippen molar-refractivity contribution >= 4 is 29.0 Å². The predicted octanol–water partition coefficient (Wildman–Crippen LogP) is 6.56. The summed E-state index contributed by atoms with van der Waals surface area (Å²) in [5.41, 5.74) is 5.82. The van der Waals surface area contributed by atoms with Gasteiger partial charge in [0.05, 0.1) is 7.11 Å². The van der Waals surface area contributed by atoms with Crippen LogP contribution in [-0.2, 0) is 17.1 Å². The number of amides is 1. The van der Waals surface area contributed by atoms with E-state index in [1.165, 1.54) is 6.92 Å². The van der Waals surface area contributed by atoms with Crippen LogP contribution in [0.5, 0.6) is 5.75 Å². The van der Waals surface area contributed by atoms with Crippen LogP contribution in [0.2, 0.25) is 0 Å². The fourth-order valence-corrected chi connectivity index (χ4v) is 5.61. The summed E-state index contributed by atoms with van der Waals surface area (Å²) in [5.74, 6) is 1.45. The largest absolute Gasteiger partial charge is 0.496 e. The lowest BCUT2D eigenvalue weighted by atomic mass is 10.00. The molecule has 3 N–H and O–H groups in total. The maximum atomic E-state index is 11.4. The molecule has 1 heterocycles. The molecule has 2 atom stereocenters. The van der Waals surface area contributed by atoms with Gasteiger partial charge in [-0.3, -0.25) is 4.79 Å². The highest BCUT2D eigenvalue weighted by Crippen LogP contribution is 2.41. The zero-order valence-electron chi connectivity index (χ0n) is 21.4. The first-order chi connectivity index (χ1) is 18.5. The summed E-state index contributed by atoms with van der Waals surface area (Å²) in [5, 5.41) is 17.9. The fourth-order valence-electron chi connectivity index (χ4n) is 4.73. The molecule has 1 aliphatic heterocycles. The maximum Gasteiger partial charge on any atom is 0.221 e. The summed E-state index contributed by atoms with van der Waals surface area (Å²) >= 11 is 1.70. The number of thioether (sulfide) groups is 1. The quantitative estimate of drug-likeness (QED) is 0.226. The van der Waals surface area contributed by atoms with E-state index in [-0.39, 0.29) is 12.1 Å². The Kier molecular flexibility index (Phi) is 7.98. The van der Waals surface area contributed by atoms with Crippen molar-refractivity contribution in [2.45, 2.75) is 36.5 Å². The van der Waals surface area contributed by atoms with Gasteiger partial charge in [0.25, 0.3) is 0 Å². The van der Waals surface area contributed by atoms with Crippen LogP contribution in [0.3, 0.4) is 0 Å². The number of nitrogens with zero attached hydrogens (tertiary/aromatic N) is 1. The third-order valence-electron chi connectivity index (χ3n) is 6.57. The molecule has 7 heteroatoms. The number of nitrogens with one attached hydrogen (secondary N) is 2. The molecule has 0 radical (unpaired) electrons. The first kappa shape index (κ1) is 25.9. The number of carbonyl (C=O) groups is 1. The molecular formula is C31H31N3O3S. The standard InChI is InChI=1S/C31H31N3O3S/c1-21(35)32-25-13-15-26(16-14-25)38-20-24-18-23(12-17-29(24)37-2)30-33-28-11-7-6-10-27(28)31(36)34(30)19-22-8-4-3-5-9-22/h3-18,30-31,33,36H,19-20H2,1-2H3,(H,32,35). The molecule has 0 fully saturated rings. The summed E-state index contributed by atoms with van der Waals surface area (Å²) in [7, 11) is 1.69. The lowest BCUT2D eigenvalue weighted by Crippen LogP contribution is -2.40. The van der Waals surface area contributed by atoms with Crippen molar-refractivity contribution in [3.8, 4) is 5.75 Å². The summed E-state index contributed by atoms with van der Waals surface area (Å²) in [6.45, 7) is 2.09. The van der Waals surface area contributed by atoms with E-state index in [1.807, 2.05) is 72.8 Å². The minimum atomic E-state index is -0.750. The lowest BCUT2D eigenvalue weighted by Gasteiger charge is -2.42. The second kappa shape index (κ2) is 11.7. The average molecular weight is 526 g/mol. The zero-order chi connectivity index (χ0) is 26.5. The molecule has 0 aromatic heterocycles. The number of hydrogen-bond acceptors (Lipinski definition) is 6. The molecule has 0 spiro atoms. The van der Waals surface area contributed by atoms with Crippen LogP contribution in [0.1, 0.15) is 41.6 Å². The highest BCUT2D eigenvalue weighted by molar-refractivity contribution is 7.98. The second-order valence-corrected chi connectivity index (χ2v) is 10.3. The molecule has 6 nitrogen and oxygen atoms in total. The van der Waals surface area contributed by atoms with Gasteiger partial charge < -0.3 is 20.5 Å². The Labute approximate surface area is 227 Å². The Morgan fingerprint density at radius 2 is 1.74 bits per heavy atom. The summed E-state index contributed by atoms with van der Waals surface area (Å²) < 4.78 is 5.69. The number of fused-ring (bicyclic) bond motifs is 1. The monoisotopic (exact) mass is 525 g/mol. The number of anilines is 2. The highest BCUT2D eigenvalue weighted by Gasteiger charge is 2.34. The molecule has 0 saturated heterocycles. The normalized spacial score (nSPS) is 16.8. The minimum Gasteiger partial charge on any atom is -0.496 e. The molecule has 4 aromatic rings. The molecule has 1 aliphatic rings. The van der Waals surface area contributed by atoms with Crippen molar-refractivity contribution in [2.24, 2.45) is 0 Å². The van der Waals surface area contributed by atoms with Crippen LogP contribution >= 0.6 is 11.8 Å². The van der Waals surface area contributed by atoms with Crippen LogP contribution in [0.15, 0.2) is 102 Å². The zero-order valence-corrected chi connectivity index (χ0v) is 22.2. The Morgan fingerprint density at radius 1 is 1.00 bits per heavy atom. The lowest BCUT2D eigenvalue weighted by molar-refractivity contribution is -0.114. The number of hydrogen-bond donors (Lipinski definition) is 3. The third kappa shape index (κ3) is 5.86. The minimum absolute atomic E-state index is 0.0858. The fraction of sp³-hybridized carbons (Fsp3) is 0.194. The SMILES string of the molecule is COc1ccc(C2Nc3ccccc3C(O)N2Cc2ccccc2)cc1CSc1ccc(NC(C)=O)cc1. The van der Waals surface area contributed by atoms with Crippen molar-refractivity contribution in [2.75, 3.05) is 17.7 Å². The van der Waals surface area contributed by atoms with Crippen LogP contribution < -0.4 is 15.4 Å². The van der Waals surface area contributed by atoms with Crippen molar-refractivity contribution in [1.29, 1.82) is 0 Å².